The van der Waals surface area contributed by atoms with Crippen molar-refractivity contribution in [3.05, 3.63) is 96.5 Å². The number of aromatic nitrogens is 2. The lowest BCUT2D eigenvalue weighted by molar-refractivity contribution is 0.367. The molecule has 0 spiro atoms. The van der Waals surface area contributed by atoms with Gasteiger partial charge < -0.3 is 4.74 Å². The molecule has 1 radical (unpaired) electrons. The minimum atomic E-state index is 0.472. The molecule has 1 aliphatic rings. The van der Waals surface area contributed by atoms with Gasteiger partial charge in [-0.05, 0) is 38.2 Å². The number of rotatable bonds is 5. The van der Waals surface area contributed by atoms with E-state index in [-0.39, 0.29) is 0 Å². The summed E-state index contributed by atoms with van der Waals surface area (Å²) in [5, 5.41) is 5.95. The van der Waals surface area contributed by atoms with Gasteiger partial charge in [-0.2, -0.15) is 5.10 Å². The summed E-state index contributed by atoms with van der Waals surface area (Å²) in [6.07, 6.45) is 9.18. The maximum absolute atomic E-state index is 5.72. The molecule has 1 aromatic heterocycles. The summed E-state index contributed by atoms with van der Waals surface area (Å²) in [4.78, 5) is 5.09. The number of nitrogens with zero attached hydrogens (tertiary/aromatic N) is 3. The highest BCUT2D eigenvalue weighted by Crippen LogP contribution is 2.35. The smallest absolute Gasteiger partial charge is 0.146 e. The number of ether oxygens (including phenoxy) is 1. The van der Waals surface area contributed by atoms with Gasteiger partial charge in [0.05, 0.1) is 24.4 Å². The average Bonchev–Trinajstić information content (AvgIpc) is 3.26. The number of methoxy groups -OCH3 is 1. The lowest BCUT2D eigenvalue weighted by Crippen LogP contribution is -2.13. The Bertz CT molecular complexity index is 1150. The molecule has 0 aliphatic heterocycles. The molecule has 1 saturated carbocycles. The second kappa shape index (κ2) is 8.76. The third-order valence-corrected chi connectivity index (χ3v) is 5.93. The fourth-order valence-electron chi connectivity index (χ4n) is 4.28. The molecule has 4 nitrogen and oxygen atoms in total. The van der Waals surface area contributed by atoms with E-state index in [2.05, 4.69) is 47.6 Å². The predicted molar refractivity (Wildman–Crippen MR) is 126 cm³/mol. The molecule has 1 heterocycles. The van der Waals surface area contributed by atoms with Crippen LogP contribution in [0.5, 0.6) is 5.75 Å². The second-order valence-corrected chi connectivity index (χ2v) is 7.98. The Hall–Kier alpha value is -3.40. The molecule has 3 aromatic carbocycles. The highest BCUT2D eigenvalue weighted by molar-refractivity contribution is 6.14. The summed E-state index contributed by atoms with van der Waals surface area (Å²) in [7, 11) is 1.69. The van der Waals surface area contributed by atoms with Crippen molar-refractivity contribution in [2.24, 2.45) is 4.99 Å². The lowest BCUT2D eigenvalue weighted by Gasteiger charge is -2.21. The van der Waals surface area contributed by atoms with Crippen molar-refractivity contribution in [1.82, 2.24) is 9.78 Å². The molecule has 1 aliphatic carbocycles. The van der Waals surface area contributed by atoms with Crippen molar-refractivity contribution in [2.75, 3.05) is 7.11 Å². The summed E-state index contributed by atoms with van der Waals surface area (Å²) in [6, 6.07) is 25.2. The molecule has 1 fully saturated rings. The Labute approximate surface area is 183 Å². The lowest BCUT2D eigenvalue weighted by atomic mass is 9.96. The molecule has 155 valence electrons. The third kappa shape index (κ3) is 4.11. The largest absolute Gasteiger partial charge is 0.494 e. The van der Waals surface area contributed by atoms with Crippen LogP contribution >= 0.6 is 0 Å². The quantitative estimate of drug-likeness (QED) is 0.352. The van der Waals surface area contributed by atoms with Crippen molar-refractivity contribution < 1.29 is 4.74 Å². The third-order valence-electron chi connectivity index (χ3n) is 5.93. The first kappa shape index (κ1) is 19.6. The average molecular weight is 409 g/mol. The van der Waals surface area contributed by atoms with Gasteiger partial charge in [0.2, 0.25) is 0 Å². The number of benzene rings is 3. The maximum Gasteiger partial charge on any atom is 0.146 e. The number of fused-ring (bicyclic) bond motifs is 1. The molecule has 5 rings (SSSR count). The van der Waals surface area contributed by atoms with Gasteiger partial charge in [0.15, 0.2) is 0 Å². The highest BCUT2D eigenvalue weighted by atomic mass is 16.5. The van der Waals surface area contributed by atoms with Crippen molar-refractivity contribution in [3.63, 3.8) is 0 Å². The van der Waals surface area contributed by atoms with Gasteiger partial charge >= 0.3 is 0 Å². The van der Waals surface area contributed by atoms with E-state index in [1.165, 1.54) is 0 Å². The van der Waals surface area contributed by atoms with E-state index < -0.39 is 0 Å². The topological polar surface area (TPSA) is 39.4 Å². The molecule has 31 heavy (non-hydrogen) atoms. The van der Waals surface area contributed by atoms with Crippen LogP contribution in [0.15, 0.2) is 84.0 Å². The zero-order valence-corrected chi connectivity index (χ0v) is 17.7. The molecule has 4 aromatic rings. The predicted octanol–water partition coefficient (Wildman–Crippen LogP) is 6.53. The Morgan fingerprint density at radius 2 is 1.58 bits per heavy atom. The Morgan fingerprint density at radius 1 is 0.935 bits per heavy atom. The first-order valence-corrected chi connectivity index (χ1v) is 10.9. The monoisotopic (exact) mass is 408 g/mol. The van der Waals surface area contributed by atoms with E-state index in [0.717, 1.165) is 64.9 Å². The molecular weight excluding hydrogens is 382 g/mol. The molecule has 0 unspecified atom stereocenters. The standard InChI is InChI=1S/C27H26N3O/c1-31-26-18-24-22(19-30(29-24)23-15-9-4-10-16-23)17-25(26)28-27(20-11-5-2-6-12-20)21-13-7-3-8-14-21/h2-8,11-14,17-19,23H,9-10,15-16H2,1H3. The van der Waals surface area contributed by atoms with Crippen LogP contribution in [0.4, 0.5) is 5.69 Å². The van der Waals surface area contributed by atoms with Crippen LogP contribution in [0.25, 0.3) is 10.9 Å². The summed E-state index contributed by atoms with van der Waals surface area (Å²) in [5.74, 6) is 0.735. The number of hydrogen-bond acceptors (Lipinski definition) is 3. The van der Waals surface area contributed by atoms with E-state index in [9.17, 15) is 0 Å². The van der Waals surface area contributed by atoms with Crippen LogP contribution in [0, 0.1) is 6.42 Å². The molecule has 0 N–H and O–H groups in total. The van der Waals surface area contributed by atoms with Gasteiger partial charge in [-0.15, -0.1) is 0 Å². The molecular formula is C27H26N3O. The first-order valence-electron chi connectivity index (χ1n) is 10.9. The molecule has 0 amide bonds. The fraction of sp³-hybridized carbons (Fsp3) is 0.222. The van der Waals surface area contributed by atoms with Gasteiger partial charge in [0.1, 0.15) is 11.4 Å². The number of aliphatic imine (C=N–C) groups is 1. The number of hydrogen-bond donors (Lipinski definition) is 0. The van der Waals surface area contributed by atoms with Gasteiger partial charge in [-0.1, -0.05) is 60.7 Å². The Balaban J connectivity index is 1.62. The van der Waals surface area contributed by atoms with Crippen LogP contribution in [-0.4, -0.2) is 22.6 Å². The van der Waals surface area contributed by atoms with E-state index in [4.69, 9.17) is 14.8 Å². The van der Waals surface area contributed by atoms with Crippen LogP contribution in [0.3, 0.4) is 0 Å². The van der Waals surface area contributed by atoms with Crippen LogP contribution < -0.4 is 4.74 Å². The zero-order chi connectivity index (χ0) is 21.0. The summed E-state index contributed by atoms with van der Waals surface area (Å²) < 4.78 is 7.86. The summed E-state index contributed by atoms with van der Waals surface area (Å²) >= 11 is 0. The molecule has 0 saturated heterocycles. The van der Waals surface area contributed by atoms with Crippen molar-refractivity contribution in [2.45, 2.75) is 31.7 Å². The van der Waals surface area contributed by atoms with Crippen LogP contribution in [0.2, 0.25) is 0 Å². The summed E-state index contributed by atoms with van der Waals surface area (Å²) in [5.41, 5.74) is 4.84. The van der Waals surface area contributed by atoms with E-state index in [0.29, 0.717) is 6.04 Å². The van der Waals surface area contributed by atoms with E-state index >= 15 is 0 Å². The van der Waals surface area contributed by atoms with Crippen molar-refractivity contribution in [3.8, 4) is 5.75 Å². The minimum absolute atomic E-state index is 0.472. The van der Waals surface area contributed by atoms with Gasteiger partial charge in [0, 0.05) is 28.8 Å². The van der Waals surface area contributed by atoms with Crippen molar-refractivity contribution in [1.29, 1.82) is 0 Å². The van der Waals surface area contributed by atoms with Gasteiger partial charge in [0.25, 0.3) is 0 Å². The van der Waals surface area contributed by atoms with Gasteiger partial charge in [-0.3, -0.25) is 4.68 Å². The Kier molecular flexibility index (Phi) is 5.53. The highest BCUT2D eigenvalue weighted by Gasteiger charge is 2.18. The SMILES string of the molecule is COc1cc2nn(C3CC[CH]CC3)cc2cc1N=C(c1ccccc1)c1ccccc1. The van der Waals surface area contributed by atoms with E-state index in [1.807, 2.05) is 42.5 Å². The fourth-order valence-corrected chi connectivity index (χ4v) is 4.28. The minimum Gasteiger partial charge on any atom is -0.494 e. The van der Waals surface area contributed by atoms with Gasteiger partial charge in [-0.25, -0.2) is 4.99 Å². The first-order chi connectivity index (χ1) is 15.3. The molecule has 4 heteroatoms. The zero-order valence-electron chi connectivity index (χ0n) is 17.7. The maximum atomic E-state index is 5.72. The normalized spacial score (nSPS) is 14.5. The molecule has 0 bridgehead atoms. The van der Waals surface area contributed by atoms with Crippen LogP contribution in [0.1, 0.15) is 42.9 Å². The second-order valence-electron chi connectivity index (χ2n) is 7.98. The van der Waals surface area contributed by atoms with E-state index in [1.54, 1.807) is 7.11 Å². The summed E-state index contributed by atoms with van der Waals surface area (Å²) in [6.45, 7) is 0. The Morgan fingerprint density at radius 3 is 2.19 bits per heavy atom. The van der Waals surface area contributed by atoms with Crippen LogP contribution in [-0.2, 0) is 0 Å². The molecule has 0 atom stereocenters. The van der Waals surface area contributed by atoms with Crippen molar-refractivity contribution >= 4 is 22.3 Å².